The maximum atomic E-state index is 10.7. The van der Waals surface area contributed by atoms with E-state index in [0.29, 0.717) is 11.6 Å². The second-order valence-corrected chi connectivity index (χ2v) is 4.25. The number of hydrogen-bond donors (Lipinski definition) is 0. The van der Waals surface area contributed by atoms with E-state index in [1.54, 1.807) is 6.07 Å². The summed E-state index contributed by atoms with van der Waals surface area (Å²) in [6, 6.07) is 1.74. The van der Waals surface area contributed by atoms with Crippen LogP contribution in [0.4, 0.5) is 0 Å². The van der Waals surface area contributed by atoms with Gasteiger partial charge in [-0.15, -0.1) is 0 Å². The van der Waals surface area contributed by atoms with Gasteiger partial charge in [0.05, 0.1) is 0 Å². The summed E-state index contributed by atoms with van der Waals surface area (Å²) < 4.78 is 0. The highest BCUT2D eigenvalue weighted by Crippen LogP contribution is 2.30. The van der Waals surface area contributed by atoms with Crippen molar-refractivity contribution in [3.05, 3.63) is 23.3 Å². The summed E-state index contributed by atoms with van der Waals surface area (Å²) in [6.45, 7) is 1.92. The first kappa shape index (κ1) is 10.3. The van der Waals surface area contributed by atoms with Crippen molar-refractivity contribution in [2.75, 3.05) is 0 Å². The Hall–Kier alpha value is -1.25. The van der Waals surface area contributed by atoms with Crippen LogP contribution in [0.5, 0.6) is 0 Å². The van der Waals surface area contributed by atoms with Crippen LogP contribution in [-0.2, 0) is 0 Å². The molecule has 1 aliphatic carbocycles. The van der Waals surface area contributed by atoms with Crippen LogP contribution in [0.25, 0.3) is 0 Å². The van der Waals surface area contributed by atoms with E-state index in [9.17, 15) is 4.79 Å². The summed E-state index contributed by atoms with van der Waals surface area (Å²) in [5.41, 5.74) is 1.41. The molecule has 1 heterocycles. The van der Waals surface area contributed by atoms with Crippen molar-refractivity contribution in [2.45, 2.75) is 44.9 Å². The van der Waals surface area contributed by atoms with E-state index in [-0.39, 0.29) is 0 Å². The molecule has 0 spiro atoms. The third-order valence-corrected chi connectivity index (χ3v) is 2.98. The van der Waals surface area contributed by atoms with Gasteiger partial charge in [0.2, 0.25) is 0 Å². The third kappa shape index (κ3) is 2.41. The Balaban J connectivity index is 2.25. The molecule has 1 aromatic heterocycles. The Morgan fingerprint density at radius 1 is 1.27 bits per heavy atom. The molecule has 3 nitrogen and oxygen atoms in total. The molecule has 0 aromatic carbocycles. The van der Waals surface area contributed by atoms with Gasteiger partial charge in [-0.2, -0.15) is 0 Å². The van der Waals surface area contributed by atoms with E-state index in [4.69, 9.17) is 0 Å². The molecule has 0 unspecified atom stereocenters. The Morgan fingerprint density at radius 2 is 2.00 bits per heavy atom. The standard InChI is InChI=1S/C12H16N2O/c1-9-7-11(8-15)14-12(13-9)10-5-3-2-4-6-10/h7-8,10H,2-6H2,1H3. The van der Waals surface area contributed by atoms with E-state index in [1.165, 1.54) is 32.1 Å². The zero-order chi connectivity index (χ0) is 10.7. The summed E-state index contributed by atoms with van der Waals surface area (Å²) >= 11 is 0. The zero-order valence-corrected chi connectivity index (χ0v) is 9.07. The molecule has 0 saturated heterocycles. The molecule has 1 fully saturated rings. The lowest BCUT2D eigenvalue weighted by Gasteiger charge is -2.20. The van der Waals surface area contributed by atoms with Crippen molar-refractivity contribution in [1.29, 1.82) is 0 Å². The number of aryl methyl sites for hydroxylation is 1. The van der Waals surface area contributed by atoms with Crippen molar-refractivity contribution < 1.29 is 4.79 Å². The van der Waals surface area contributed by atoms with Crippen LogP contribution in [0, 0.1) is 6.92 Å². The lowest BCUT2D eigenvalue weighted by molar-refractivity contribution is 0.111. The smallest absolute Gasteiger partial charge is 0.168 e. The van der Waals surface area contributed by atoms with Gasteiger partial charge in [0.1, 0.15) is 11.5 Å². The fraction of sp³-hybridized carbons (Fsp3) is 0.583. The average Bonchev–Trinajstić information content (AvgIpc) is 2.29. The maximum absolute atomic E-state index is 10.7. The van der Waals surface area contributed by atoms with E-state index < -0.39 is 0 Å². The van der Waals surface area contributed by atoms with Crippen LogP contribution in [0.1, 0.15) is 60.0 Å². The molecule has 1 aliphatic rings. The van der Waals surface area contributed by atoms with Crippen LogP contribution < -0.4 is 0 Å². The predicted molar refractivity (Wildman–Crippen MR) is 58.0 cm³/mol. The first-order valence-corrected chi connectivity index (χ1v) is 5.60. The molecule has 0 amide bonds. The molecule has 0 atom stereocenters. The predicted octanol–water partition coefficient (Wildman–Crippen LogP) is 2.65. The highest BCUT2D eigenvalue weighted by atomic mass is 16.1. The molecular weight excluding hydrogens is 188 g/mol. The Labute approximate surface area is 89.9 Å². The molecule has 0 bridgehead atoms. The summed E-state index contributed by atoms with van der Waals surface area (Å²) in [7, 11) is 0. The van der Waals surface area contributed by atoms with E-state index in [1.807, 2.05) is 6.92 Å². The molecule has 0 N–H and O–H groups in total. The summed E-state index contributed by atoms with van der Waals surface area (Å²) in [6.07, 6.45) is 6.99. The monoisotopic (exact) mass is 204 g/mol. The van der Waals surface area contributed by atoms with Crippen molar-refractivity contribution in [1.82, 2.24) is 9.97 Å². The van der Waals surface area contributed by atoms with Gasteiger partial charge in [0.25, 0.3) is 0 Å². The lowest BCUT2D eigenvalue weighted by atomic mass is 9.88. The minimum absolute atomic E-state index is 0.470. The number of aromatic nitrogens is 2. The normalized spacial score (nSPS) is 17.7. The van der Waals surface area contributed by atoms with Crippen molar-refractivity contribution >= 4 is 6.29 Å². The first-order valence-electron chi connectivity index (χ1n) is 5.60. The van der Waals surface area contributed by atoms with E-state index >= 15 is 0 Å². The van der Waals surface area contributed by atoms with Gasteiger partial charge >= 0.3 is 0 Å². The Morgan fingerprint density at radius 3 is 2.67 bits per heavy atom. The fourth-order valence-corrected chi connectivity index (χ4v) is 2.22. The largest absolute Gasteiger partial charge is 0.296 e. The quantitative estimate of drug-likeness (QED) is 0.695. The van der Waals surface area contributed by atoms with Gasteiger partial charge in [-0.25, -0.2) is 9.97 Å². The molecule has 0 aliphatic heterocycles. The van der Waals surface area contributed by atoms with Crippen molar-refractivity contribution in [3.63, 3.8) is 0 Å². The summed E-state index contributed by atoms with van der Waals surface area (Å²) in [4.78, 5) is 19.4. The van der Waals surface area contributed by atoms with Gasteiger partial charge in [0.15, 0.2) is 6.29 Å². The van der Waals surface area contributed by atoms with Gasteiger partial charge in [0, 0.05) is 11.6 Å². The Bertz CT molecular complexity index is 357. The second-order valence-electron chi connectivity index (χ2n) is 4.25. The number of hydrogen-bond acceptors (Lipinski definition) is 3. The maximum Gasteiger partial charge on any atom is 0.168 e. The molecule has 80 valence electrons. The topological polar surface area (TPSA) is 42.9 Å². The zero-order valence-electron chi connectivity index (χ0n) is 9.07. The average molecular weight is 204 g/mol. The first-order chi connectivity index (χ1) is 7.29. The van der Waals surface area contributed by atoms with Crippen LogP contribution in [0.3, 0.4) is 0 Å². The summed E-state index contributed by atoms with van der Waals surface area (Å²) in [5, 5.41) is 0. The molecule has 2 rings (SSSR count). The van der Waals surface area contributed by atoms with Gasteiger partial charge in [-0.3, -0.25) is 4.79 Å². The van der Waals surface area contributed by atoms with E-state index in [2.05, 4.69) is 9.97 Å². The molecule has 15 heavy (non-hydrogen) atoms. The second kappa shape index (κ2) is 4.51. The minimum atomic E-state index is 0.470. The van der Waals surface area contributed by atoms with Gasteiger partial charge in [-0.05, 0) is 25.8 Å². The highest BCUT2D eigenvalue weighted by molar-refractivity contribution is 5.71. The molecule has 3 heteroatoms. The highest BCUT2D eigenvalue weighted by Gasteiger charge is 2.18. The molecular formula is C12H16N2O. The number of carbonyl (C=O) groups excluding carboxylic acids is 1. The Kier molecular flexibility index (Phi) is 3.09. The number of rotatable bonds is 2. The summed E-state index contributed by atoms with van der Waals surface area (Å²) in [5.74, 6) is 1.34. The van der Waals surface area contributed by atoms with Crippen LogP contribution in [0.15, 0.2) is 6.07 Å². The van der Waals surface area contributed by atoms with Crippen LogP contribution in [0.2, 0.25) is 0 Å². The fourth-order valence-electron chi connectivity index (χ4n) is 2.22. The van der Waals surface area contributed by atoms with E-state index in [0.717, 1.165) is 17.8 Å². The van der Waals surface area contributed by atoms with Crippen LogP contribution >= 0.6 is 0 Å². The minimum Gasteiger partial charge on any atom is -0.296 e. The molecule has 0 radical (unpaired) electrons. The molecule has 1 aromatic rings. The number of nitrogens with zero attached hydrogens (tertiary/aromatic N) is 2. The van der Waals surface area contributed by atoms with Gasteiger partial charge in [-0.1, -0.05) is 19.3 Å². The number of aldehydes is 1. The van der Waals surface area contributed by atoms with Crippen molar-refractivity contribution in [3.8, 4) is 0 Å². The van der Waals surface area contributed by atoms with Gasteiger partial charge < -0.3 is 0 Å². The molecule has 1 saturated carbocycles. The lowest BCUT2D eigenvalue weighted by Crippen LogP contribution is -2.10. The van der Waals surface area contributed by atoms with Crippen molar-refractivity contribution in [2.24, 2.45) is 0 Å². The number of carbonyl (C=O) groups is 1. The third-order valence-electron chi connectivity index (χ3n) is 2.98. The van der Waals surface area contributed by atoms with Crippen LogP contribution in [-0.4, -0.2) is 16.3 Å². The SMILES string of the molecule is Cc1cc(C=O)nc(C2CCCCC2)n1.